The lowest BCUT2D eigenvalue weighted by Crippen LogP contribution is -2.38. The van der Waals surface area contributed by atoms with Crippen molar-refractivity contribution in [1.29, 1.82) is 0 Å². The number of hydrogen-bond donors (Lipinski definition) is 0. The van der Waals surface area contributed by atoms with Gasteiger partial charge < -0.3 is 4.57 Å². The molecule has 0 saturated carbocycles. The van der Waals surface area contributed by atoms with Gasteiger partial charge in [-0.2, -0.15) is 0 Å². The average molecular weight is 366 g/mol. The third kappa shape index (κ3) is 2.76. The van der Waals surface area contributed by atoms with E-state index in [1.165, 1.54) is 0 Å². The van der Waals surface area contributed by atoms with Crippen molar-refractivity contribution in [2.75, 3.05) is 0 Å². The molecule has 136 valence electrons. The van der Waals surface area contributed by atoms with E-state index in [9.17, 15) is 9.59 Å². The SMILES string of the molecule is O=Cc1cn(C(c2ccccc2)(c2ccccc2)c2ccccc2)c(C=O)n1. The van der Waals surface area contributed by atoms with E-state index in [2.05, 4.69) is 4.98 Å². The van der Waals surface area contributed by atoms with Crippen LogP contribution in [0.1, 0.15) is 37.8 Å². The lowest BCUT2D eigenvalue weighted by Gasteiger charge is -2.38. The first-order valence-electron chi connectivity index (χ1n) is 8.97. The molecule has 1 aromatic heterocycles. The third-order valence-corrected chi connectivity index (χ3v) is 4.91. The third-order valence-electron chi connectivity index (χ3n) is 4.91. The molecule has 0 unspecified atom stereocenters. The van der Waals surface area contributed by atoms with Crippen molar-refractivity contribution in [3.05, 3.63) is 125 Å². The van der Waals surface area contributed by atoms with Crippen molar-refractivity contribution < 1.29 is 9.59 Å². The molecule has 0 amide bonds. The van der Waals surface area contributed by atoms with Crippen molar-refractivity contribution in [2.45, 2.75) is 5.54 Å². The molecule has 4 rings (SSSR count). The maximum absolute atomic E-state index is 11.9. The number of hydrogen-bond acceptors (Lipinski definition) is 3. The Morgan fingerprint density at radius 3 is 1.43 bits per heavy atom. The number of carbonyl (C=O) groups excluding carboxylic acids is 2. The molecule has 4 nitrogen and oxygen atoms in total. The molecule has 0 N–H and O–H groups in total. The zero-order chi connectivity index (χ0) is 19.4. The predicted octanol–water partition coefficient (Wildman–Crippen LogP) is 4.35. The predicted molar refractivity (Wildman–Crippen MR) is 108 cm³/mol. The first-order chi connectivity index (χ1) is 13.8. The van der Waals surface area contributed by atoms with Crippen LogP contribution in [0.5, 0.6) is 0 Å². The van der Waals surface area contributed by atoms with Gasteiger partial charge in [0.05, 0.1) is 0 Å². The zero-order valence-electron chi connectivity index (χ0n) is 15.1. The fraction of sp³-hybridized carbons (Fsp3) is 0.0417. The Bertz CT molecular complexity index is 991. The van der Waals surface area contributed by atoms with E-state index in [4.69, 9.17) is 0 Å². The molecule has 1 heterocycles. The molecule has 28 heavy (non-hydrogen) atoms. The molecular weight excluding hydrogens is 348 g/mol. The van der Waals surface area contributed by atoms with E-state index < -0.39 is 5.54 Å². The van der Waals surface area contributed by atoms with Crippen molar-refractivity contribution in [3.63, 3.8) is 0 Å². The molecule has 4 aromatic rings. The van der Waals surface area contributed by atoms with E-state index >= 15 is 0 Å². The van der Waals surface area contributed by atoms with Crippen LogP contribution >= 0.6 is 0 Å². The zero-order valence-corrected chi connectivity index (χ0v) is 15.1. The number of imidazole rings is 1. The van der Waals surface area contributed by atoms with E-state index in [1.807, 2.05) is 91.0 Å². The fourth-order valence-corrected chi connectivity index (χ4v) is 3.78. The Labute approximate surface area is 163 Å². The van der Waals surface area contributed by atoms with Crippen LogP contribution in [0.4, 0.5) is 0 Å². The minimum atomic E-state index is -0.853. The monoisotopic (exact) mass is 366 g/mol. The second-order valence-corrected chi connectivity index (χ2v) is 6.44. The first-order valence-corrected chi connectivity index (χ1v) is 8.97. The minimum absolute atomic E-state index is 0.193. The number of aromatic nitrogens is 2. The van der Waals surface area contributed by atoms with Crippen LogP contribution in [0.3, 0.4) is 0 Å². The molecule has 4 heteroatoms. The van der Waals surface area contributed by atoms with E-state index in [1.54, 1.807) is 10.8 Å². The molecule has 0 saturated heterocycles. The molecule has 0 spiro atoms. The standard InChI is InChI=1S/C24H18N2O2/c27-17-22-16-26(23(18-28)25-22)24(19-10-4-1-5-11-19,20-12-6-2-7-13-20)21-14-8-3-9-15-21/h1-18H. The van der Waals surface area contributed by atoms with Crippen molar-refractivity contribution >= 4 is 12.6 Å². The number of aldehydes is 2. The number of carbonyl (C=O) groups is 2. The molecular formula is C24H18N2O2. The van der Waals surface area contributed by atoms with Gasteiger partial charge in [-0.1, -0.05) is 91.0 Å². The van der Waals surface area contributed by atoms with Gasteiger partial charge in [0, 0.05) is 6.20 Å². The second kappa shape index (κ2) is 7.45. The summed E-state index contributed by atoms with van der Waals surface area (Å²) < 4.78 is 1.80. The van der Waals surface area contributed by atoms with Crippen LogP contribution < -0.4 is 0 Å². The van der Waals surface area contributed by atoms with Crippen LogP contribution in [0.2, 0.25) is 0 Å². The summed E-state index contributed by atoms with van der Waals surface area (Å²) in [6.45, 7) is 0. The van der Waals surface area contributed by atoms with Crippen LogP contribution in [0.25, 0.3) is 0 Å². The Balaban J connectivity index is 2.18. The van der Waals surface area contributed by atoms with Gasteiger partial charge in [0.2, 0.25) is 0 Å². The van der Waals surface area contributed by atoms with E-state index in [-0.39, 0.29) is 11.5 Å². The lowest BCUT2D eigenvalue weighted by molar-refractivity contribution is 0.110. The average Bonchev–Trinajstić information content (AvgIpc) is 3.20. The van der Waals surface area contributed by atoms with Gasteiger partial charge in [0.15, 0.2) is 18.4 Å². The van der Waals surface area contributed by atoms with Crippen molar-refractivity contribution in [2.24, 2.45) is 0 Å². The smallest absolute Gasteiger partial charge is 0.185 e. The normalized spacial score (nSPS) is 11.1. The molecule has 0 aliphatic heterocycles. The van der Waals surface area contributed by atoms with Crippen LogP contribution in [0, 0.1) is 0 Å². The quantitative estimate of drug-likeness (QED) is 0.377. The summed E-state index contributed by atoms with van der Waals surface area (Å²) in [6.07, 6.45) is 3.00. The van der Waals surface area contributed by atoms with Gasteiger partial charge in [-0.05, 0) is 16.7 Å². The van der Waals surface area contributed by atoms with Crippen LogP contribution in [-0.4, -0.2) is 22.1 Å². The minimum Gasteiger partial charge on any atom is -0.309 e. The van der Waals surface area contributed by atoms with Crippen LogP contribution in [-0.2, 0) is 5.54 Å². The Morgan fingerprint density at radius 2 is 1.07 bits per heavy atom. The number of nitrogens with zero attached hydrogens (tertiary/aromatic N) is 2. The maximum Gasteiger partial charge on any atom is 0.185 e. The topological polar surface area (TPSA) is 52.0 Å². The highest BCUT2D eigenvalue weighted by Gasteiger charge is 2.40. The molecule has 0 bridgehead atoms. The molecule has 0 aliphatic rings. The number of benzene rings is 3. The Hall–Kier alpha value is -3.79. The summed E-state index contributed by atoms with van der Waals surface area (Å²) in [4.78, 5) is 27.5. The van der Waals surface area contributed by atoms with Crippen molar-refractivity contribution in [3.8, 4) is 0 Å². The second-order valence-electron chi connectivity index (χ2n) is 6.44. The highest BCUT2D eigenvalue weighted by molar-refractivity contribution is 5.77. The van der Waals surface area contributed by atoms with Crippen molar-refractivity contribution in [1.82, 2.24) is 9.55 Å². The highest BCUT2D eigenvalue weighted by atomic mass is 16.1. The largest absolute Gasteiger partial charge is 0.309 e. The maximum atomic E-state index is 11.9. The molecule has 0 radical (unpaired) electrons. The van der Waals surface area contributed by atoms with Gasteiger partial charge >= 0.3 is 0 Å². The Morgan fingerprint density at radius 1 is 0.643 bits per heavy atom. The van der Waals surface area contributed by atoms with Crippen LogP contribution in [0.15, 0.2) is 97.2 Å². The van der Waals surface area contributed by atoms with Gasteiger partial charge in [0.25, 0.3) is 0 Å². The summed E-state index contributed by atoms with van der Waals surface area (Å²) >= 11 is 0. The lowest BCUT2D eigenvalue weighted by atomic mass is 9.76. The number of rotatable bonds is 6. The van der Waals surface area contributed by atoms with Gasteiger partial charge in [-0.15, -0.1) is 0 Å². The molecule has 0 fully saturated rings. The summed E-state index contributed by atoms with van der Waals surface area (Å²) in [5.41, 5.74) is 2.25. The van der Waals surface area contributed by atoms with Gasteiger partial charge in [-0.3, -0.25) is 9.59 Å². The fourth-order valence-electron chi connectivity index (χ4n) is 3.78. The summed E-state index contributed by atoms with van der Waals surface area (Å²) in [5.74, 6) is 0.193. The molecule has 0 atom stereocenters. The van der Waals surface area contributed by atoms with E-state index in [0.717, 1.165) is 16.7 Å². The summed E-state index contributed by atoms with van der Waals surface area (Å²) in [5, 5.41) is 0. The molecule has 0 aliphatic carbocycles. The summed E-state index contributed by atoms with van der Waals surface area (Å²) in [6, 6.07) is 29.8. The first kappa shape index (κ1) is 17.6. The molecule has 3 aromatic carbocycles. The summed E-state index contributed by atoms with van der Waals surface area (Å²) in [7, 11) is 0. The van der Waals surface area contributed by atoms with E-state index in [0.29, 0.717) is 12.6 Å². The van der Waals surface area contributed by atoms with Gasteiger partial charge in [-0.25, -0.2) is 4.98 Å². The highest BCUT2D eigenvalue weighted by Crippen LogP contribution is 2.41. The van der Waals surface area contributed by atoms with Gasteiger partial charge in [0.1, 0.15) is 11.2 Å². The Kier molecular flexibility index (Phi) is 4.68.